The van der Waals surface area contributed by atoms with E-state index < -0.39 is 12.1 Å². The first-order valence-corrected chi connectivity index (χ1v) is 6.28. The van der Waals surface area contributed by atoms with Crippen molar-refractivity contribution in [3.63, 3.8) is 0 Å². The van der Waals surface area contributed by atoms with Crippen molar-refractivity contribution in [1.82, 2.24) is 5.32 Å². The molecule has 0 radical (unpaired) electrons. The van der Waals surface area contributed by atoms with E-state index in [2.05, 4.69) is 19.2 Å². The maximum atomic E-state index is 11.5. The molecule has 4 heteroatoms. The Morgan fingerprint density at radius 2 is 2.19 bits per heavy atom. The summed E-state index contributed by atoms with van der Waals surface area (Å²) in [7, 11) is 0. The van der Waals surface area contributed by atoms with Crippen LogP contribution in [0, 0.1) is 5.92 Å². The van der Waals surface area contributed by atoms with Gasteiger partial charge in [-0.3, -0.25) is 4.79 Å². The Morgan fingerprint density at radius 3 is 2.69 bits per heavy atom. The molecule has 1 aliphatic carbocycles. The second-order valence-electron chi connectivity index (χ2n) is 5.02. The largest absolute Gasteiger partial charge is 0.382 e. The molecular formula is C12H24N2O2. The number of carbonyl (C=O) groups excluding carboxylic acids is 1. The molecule has 16 heavy (non-hydrogen) atoms. The van der Waals surface area contributed by atoms with Crippen LogP contribution in [0.5, 0.6) is 0 Å². The molecular weight excluding hydrogens is 204 g/mol. The van der Waals surface area contributed by atoms with E-state index in [1.54, 1.807) is 0 Å². The Labute approximate surface area is 97.6 Å². The summed E-state index contributed by atoms with van der Waals surface area (Å²) in [4.78, 5) is 11.5. The summed E-state index contributed by atoms with van der Waals surface area (Å²) in [5.41, 5.74) is 5.83. The van der Waals surface area contributed by atoms with Gasteiger partial charge in [0.1, 0.15) is 6.10 Å². The van der Waals surface area contributed by atoms with Crippen LogP contribution >= 0.6 is 0 Å². The van der Waals surface area contributed by atoms with Crippen molar-refractivity contribution in [2.75, 3.05) is 0 Å². The summed E-state index contributed by atoms with van der Waals surface area (Å²) in [5.74, 6) is 0.155. The quantitative estimate of drug-likeness (QED) is 0.603. The molecule has 0 aromatic carbocycles. The Morgan fingerprint density at radius 1 is 1.56 bits per heavy atom. The average molecular weight is 228 g/mol. The number of aliphatic hydroxyl groups is 1. The fraction of sp³-hybridized carbons (Fsp3) is 0.917. The third-order valence-electron chi connectivity index (χ3n) is 3.05. The predicted molar refractivity (Wildman–Crippen MR) is 63.8 cm³/mol. The summed E-state index contributed by atoms with van der Waals surface area (Å²) in [5, 5.41) is 12.5. The van der Waals surface area contributed by atoms with Crippen molar-refractivity contribution in [2.24, 2.45) is 11.7 Å². The zero-order valence-corrected chi connectivity index (χ0v) is 10.3. The van der Waals surface area contributed by atoms with Gasteiger partial charge in [-0.05, 0) is 25.2 Å². The molecule has 3 atom stereocenters. The van der Waals surface area contributed by atoms with Crippen molar-refractivity contribution < 1.29 is 9.90 Å². The summed E-state index contributed by atoms with van der Waals surface area (Å²) in [6, 6.07) is -0.164. The van der Waals surface area contributed by atoms with Gasteiger partial charge in [0.15, 0.2) is 0 Å². The second kappa shape index (κ2) is 6.21. The number of carbonyl (C=O) groups is 1. The van der Waals surface area contributed by atoms with Crippen LogP contribution in [0.4, 0.5) is 0 Å². The fourth-order valence-corrected chi connectivity index (χ4v) is 1.91. The second-order valence-corrected chi connectivity index (χ2v) is 5.02. The van der Waals surface area contributed by atoms with E-state index in [1.807, 2.05) is 0 Å². The lowest BCUT2D eigenvalue weighted by Gasteiger charge is -2.21. The van der Waals surface area contributed by atoms with Crippen molar-refractivity contribution in [3.8, 4) is 0 Å². The molecule has 1 amide bonds. The Kier molecular flexibility index (Phi) is 5.22. The maximum Gasteiger partial charge on any atom is 0.250 e. The van der Waals surface area contributed by atoms with E-state index in [1.165, 1.54) is 0 Å². The molecule has 0 aromatic heterocycles. The van der Waals surface area contributed by atoms with Crippen molar-refractivity contribution in [3.05, 3.63) is 0 Å². The van der Waals surface area contributed by atoms with E-state index >= 15 is 0 Å². The molecule has 1 saturated carbocycles. The van der Waals surface area contributed by atoms with Crippen molar-refractivity contribution in [2.45, 2.75) is 64.1 Å². The number of rotatable bonds is 7. The Balaban J connectivity index is 2.27. The lowest BCUT2D eigenvalue weighted by molar-refractivity contribution is -0.130. The van der Waals surface area contributed by atoms with Crippen molar-refractivity contribution >= 4 is 5.91 Å². The fourth-order valence-electron chi connectivity index (χ4n) is 1.91. The minimum absolute atomic E-state index is 0.280. The average Bonchev–Trinajstić information content (AvgIpc) is 3.00. The predicted octanol–water partition coefficient (Wildman–Crippen LogP) is 0.779. The lowest BCUT2D eigenvalue weighted by Crippen LogP contribution is -2.47. The minimum atomic E-state index is -1.06. The lowest BCUT2D eigenvalue weighted by atomic mass is 9.94. The molecule has 3 unspecified atom stereocenters. The topological polar surface area (TPSA) is 75.3 Å². The van der Waals surface area contributed by atoms with Crippen molar-refractivity contribution in [1.29, 1.82) is 0 Å². The van der Waals surface area contributed by atoms with Gasteiger partial charge in [-0.2, -0.15) is 0 Å². The number of aliphatic hydroxyl groups excluding tert-OH is 1. The molecule has 4 nitrogen and oxygen atoms in total. The Hall–Kier alpha value is -0.610. The number of nitrogens with one attached hydrogen (secondary N) is 1. The van der Waals surface area contributed by atoms with Gasteiger partial charge in [-0.15, -0.1) is 0 Å². The summed E-state index contributed by atoms with van der Waals surface area (Å²) < 4.78 is 0. The Bertz CT molecular complexity index is 229. The molecule has 94 valence electrons. The van der Waals surface area contributed by atoms with Crippen LogP contribution in [-0.2, 0) is 4.79 Å². The van der Waals surface area contributed by atoms with Crippen LogP contribution in [0.25, 0.3) is 0 Å². The van der Waals surface area contributed by atoms with E-state index in [9.17, 15) is 9.90 Å². The molecule has 0 aromatic rings. The third kappa shape index (κ3) is 4.49. The first-order chi connectivity index (χ1) is 7.54. The smallest absolute Gasteiger partial charge is 0.250 e. The highest BCUT2D eigenvalue weighted by Crippen LogP contribution is 2.19. The number of hydrogen-bond acceptors (Lipinski definition) is 3. The third-order valence-corrected chi connectivity index (χ3v) is 3.05. The van der Waals surface area contributed by atoms with Crippen LogP contribution in [-0.4, -0.2) is 29.2 Å². The number of amides is 1. The van der Waals surface area contributed by atoms with Gasteiger partial charge in [0.25, 0.3) is 5.91 Å². The molecule has 0 saturated heterocycles. The molecule has 1 aliphatic rings. The van der Waals surface area contributed by atoms with Crippen LogP contribution in [0.2, 0.25) is 0 Å². The molecule has 0 bridgehead atoms. The van der Waals surface area contributed by atoms with E-state index in [0.717, 1.165) is 25.7 Å². The highest BCUT2D eigenvalue weighted by Gasteiger charge is 2.29. The zero-order chi connectivity index (χ0) is 12.1. The molecule has 1 rings (SSSR count). The maximum absolute atomic E-state index is 11.5. The molecule has 1 fully saturated rings. The van der Waals surface area contributed by atoms with E-state index in [4.69, 9.17) is 5.73 Å². The normalized spacial score (nSPS) is 21.2. The van der Waals surface area contributed by atoms with Crippen LogP contribution in [0.1, 0.15) is 46.0 Å². The number of nitrogens with two attached hydrogens (primary N) is 1. The van der Waals surface area contributed by atoms with Gasteiger partial charge in [0.2, 0.25) is 0 Å². The van der Waals surface area contributed by atoms with Gasteiger partial charge in [0, 0.05) is 12.1 Å². The standard InChI is InChI=1S/C12H24N2O2/c1-3-4-8(2)7-10(13)11(15)12(16)14-9-5-6-9/h8-11,15H,3-7,13H2,1-2H3,(H,14,16). The summed E-state index contributed by atoms with van der Waals surface area (Å²) in [6.45, 7) is 4.23. The summed E-state index contributed by atoms with van der Waals surface area (Å²) in [6.07, 6.45) is 3.90. The first-order valence-electron chi connectivity index (χ1n) is 6.28. The molecule has 0 heterocycles. The number of hydrogen-bond donors (Lipinski definition) is 3. The highest BCUT2D eigenvalue weighted by molar-refractivity contribution is 5.81. The summed E-state index contributed by atoms with van der Waals surface area (Å²) >= 11 is 0. The SMILES string of the molecule is CCCC(C)CC(N)C(O)C(=O)NC1CC1. The van der Waals surface area contributed by atoms with E-state index in [0.29, 0.717) is 12.3 Å². The molecule has 0 spiro atoms. The van der Waals surface area contributed by atoms with Crippen LogP contribution in [0.15, 0.2) is 0 Å². The molecule has 4 N–H and O–H groups in total. The van der Waals surface area contributed by atoms with Gasteiger partial charge in [-0.25, -0.2) is 0 Å². The van der Waals surface area contributed by atoms with Crippen LogP contribution < -0.4 is 11.1 Å². The van der Waals surface area contributed by atoms with Gasteiger partial charge >= 0.3 is 0 Å². The van der Waals surface area contributed by atoms with Gasteiger partial charge < -0.3 is 16.2 Å². The van der Waals surface area contributed by atoms with Crippen LogP contribution in [0.3, 0.4) is 0 Å². The van der Waals surface area contributed by atoms with Gasteiger partial charge in [-0.1, -0.05) is 26.7 Å². The zero-order valence-electron chi connectivity index (χ0n) is 10.3. The minimum Gasteiger partial charge on any atom is -0.382 e. The highest BCUT2D eigenvalue weighted by atomic mass is 16.3. The molecule has 0 aliphatic heterocycles. The van der Waals surface area contributed by atoms with Gasteiger partial charge in [0.05, 0.1) is 0 Å². The monoisotopic (exact) mass is 228 g/mol. The van der Waals surface area contributed by atoms with E-state index in [-0.39, 0.29) is 11.9 Å². The first kappa shape index (κ1) is 13.5.